The lowest BCUT2D eigenvalue weighted by Crippen LogP contribution is -2.37. The monoisotopic (exact) mass is 370 g/mol. The fourth-order valence-electron chi connectivity index (χ4n) is 3.12. The summed E-state index contributed by atoms with van der Waals surface area (Å²) >= 11 is 0. The third-order valence-electron chi connectivity index (χ3n) is 4.49. The molecule has 0 N–H and O–H groups in total. The molecule has 0 unspecified atom stereocenters. The van der Waals surface area contributed by atoms with Gasteiger partial charge in [0, 0.05) is 38.6 Å². The Morgan fingerprint density at radius 3 is 2.11 bits per heavy atom. The Hall–Kier alpha value is -3.16. The summed E-state index contributed by atoms with van der Waals surface area (Å²) in [6, 6.07) is 5.24. The number of rotatable bonds is 4. The van der Waals surface area contributed by atoms with Crippen molar-refractivity contribution >= 4 is 11.8 Å². The van der Waals surface area contributed by atoms with Crippen LogP contribution in [0.25, 0.3) is 0 Å². The SMILES string of the molecule is COc1cccc(OC)c1C(=O)N1CCCN(C(=O)c2cnccn2)CC1. The van der Waals surface area contributed by atoms with Crippen LogP contribution in [-0.4, -0.2) is 72.0 Å². The number of aromatic nitrogens is 2. The molecule has 142 valence electrons. The Kier molecular flexibility index (Phi) is 5.85. The van der Waals surface area contributed by atoms with Crippen LogP contribution in [0.3, 0.4) is 0 Å². The van der Waals surface area contributed by atoms with Crippen molar-refractivity contribution in [1.82, 2.24) is 19.8 Å². The largest absolute Gasteiger partial charge is 0.496 e. The minimum atomic E-state index is -0.174. The molecule has 1 aliphatic heterocycles. The molecule has 2 heterocycles. The quantitative estimate of drug-likeness (QED) is 0.811. The summed E-state index contributed by atoms with van der Waals surface area (Å²) in [5, 5.41) is 0. The first-order valence-electron chi connectivity index (χ1n) is 8.71. The zero-order valence-electron chi connectivity index (χ0n) is 15.4. The third kappa shape index (κ3) is 3.99. The first kappa shape index (κ1) is 18.6. The fraction of sp³-hybridized carbons (Fsp3) is 0.368. The van der Waals surface area contributed by atoms with Crippen LogP contribution in [0, 0.1) is 0 Å². The Bertz CT molecular complexity index is 790. The molecule has 2 amide bonds. The molecular formula is C19H22N4O4. The number of benzene rings is 1. The average molecular weight is 370 g/mol. The van der Waals surface area contributed by atoms with Crippen molar-refractivity contribution in [2.24, 2.45) is 0 Å². The molecular weight excluding hydrogens is 348 g/mol. The highest BCUT2D eigenvalue weighted by molar-refractivity contribution is 6.00. The number of ether oxygens (including phenoxy) is 2. The molecule has 0 aliphatic carbocycles. The van der Waals surface area contributed by atoms with Gasteiger partial charge < -0.3 is 19.3 Å². The second kappa shape index (κ2) is 8.48. The van der Waals surface area contributed by atoms with E-state index in [0.717, 1.165) is 0 Å². The maximum Gasteiger partial charge on any atom is 0.274 e. The first-order chi connectivity index (χ1) is 13.2. The lowest BCUT2D eigenvalue weighted by molar-refractivity contribution is 0.0711. The summed E-state index contributed by atoms with van der Waals surface area (Å²) in [5.74, 6) is 0.595. The number of carbonyl (C=O) groups is 2. The van der Waals surface area contributed by atoms with Crippen LogP contribution in [-0.2, 0) is 0 Å². The Labute approximate surface area is 157 Å². The summed E-state index contributed by atoms with van der Waals surface area (Å²) in [4.78, 5) is 37.1. The number of hydrogen-bond acceptors (Lipinski definition) is 6. The molecule has 1 saturated heterocycles. The third-order valence-corrected chi connectivity index (χ3v) is 4.49. The zero-order valence-corrected chi connectivity index (χ0v) is 15.4. The summed E-state index contributed by atoms with van der Waals surface area (Å²) in [6.07, 6.45) is 5.15. The Morgan fingerprint density at radius 2 is 1.56 bits per heavy atom. The predicted molar refractivity (Wildman–Crippen MR) is 98.0 cm³/mol. The smallest absolute Gasteiger partial charge is 0.274 e. The highest BCUT2D eigenvalue weighted by atomic mass is 16.5. The first-order valence-corrected chi connectivity index (χ1v) is 8.71. The van der Waals surface area contributed by atoms with E-state index in [0.29, 0.717) is 55.4 Å². The predicted octanol–water partition coefficient (Wildman–Crippen LogP) is 1.48. The van der Waals surface area contributed by atoms with Gasteiger partial charge >= 0.3 is 0 Å². The van der Waals surface area contributed by atoms with Crippen molar-refractivity contribution in [3.05, 3.63) is 48.0 Å². The molecule has 1 aromatic heterocycles. The van der Waals surface area contributed by atoms with Gasteiger partial charge in [-0.05, 0) is 18.6 Å². The molecule has 0 saturated carbocycles. The van der Waals surface area contributed by atoms with Crippen LogP contribution in [0.1, 0.15) is 27.3 Å². The van der Waals surface area contributed by atoms with Gasteiger partial charge in [0.2, 0.25) is 0 Å². The lowest BCUT2D eigenvalue weighted by atomic mass is 10.1. The van der Waals surface area contributed by atoms with Crippen LogP contribution in [0.2, 0.25) is 0 Å². The molecule has 0 spiro atoms. The van der Waals surface area contributed by atoms with Crippen LogP contribution in [0.5, 0.6) is 11.5 Å². The van der Waals surface area contributed by atoms with Gasteiger partial charge in [0.05, 0.1) is 20.4 Å². The lowest BCUT2D eigenvalue weighted by Gasteiger charge is -2.23. The minimum absolute atomic E-state index is 0.168. The highest BCUT2D eigenvalue weighted by Crippen LogP contribution is 2.29. The second-order valence-corrected chi connectivity index (χ2v) is 6.07. The van der Waals surface area contributed by atoms with Crippen LogP contribution in [0.15, 0.2) is 36.8 Å². The fourth-order valence-corrected chi connectivity index (χ4v) is 3.12. The molecule has 0 bridgehead atoms. The van der Waals surface area contributed by atoms with Gasteiger partial charge in [0.1, 0.15) is 22.8 Å². The van der Waals surface area contributed by atoms with E-state index in [9.17, 15) is 9.59 Å². The summed E-state index contributed by atoms with van der Waals surface area (Å²) in [7, 11) is 3.05. The molecule has 1 aliphatic rings. The van der Waals surface area contributed by atoms with Crippen molar-refractivity contribution < 1.29 is 19.1 Å². The number of carbonyl (C=O) groups excluding carboxylic acids is 2. The summed E-state index contributed by atoms with van der Waals surface area (Å²) in [5.41, 5.74) is 0.708. The number of methoxy groups -OCH3 is 2. The van der Waals surface area contributed by atoms with Gasteiger partial charge in [0.15, 0.2) is 0 Å². The molecule has 0 atom stereocenters. The number of hydrogen-bond donors (Lipinski definition) is 0. The Morgan fingerprint density at radius 1 is 0.926 bits per heavy atom. The van der Waals surface area contributed by atoms with Gasteiger partial charge in [-0.1, -0.05) is 6.07 Å². The number of nitrogens with zero attached hydrogens (tertiary/aromatic N) is 4. The van der Waals surface area contributed by atoms with Gasteiger partial charge in [-0.2, -0.15) is 0 Å². The van der Waals surface area contributed by atoms with Crippen molar-refractivity contribution in [2.75, 3.05) is 40.4 Å². The van der Waals surface area contributed by atoms with E-state index in [-0.39, 0.29) is 11.8 Å². The van der Waals surface area contributed by atoms with Gasteiger partial charge in [0.25, 0.3) is 11.8 Å². The Balaban J connectivity index is 1.75. The zero-order chi connectivity index (χ0) is 19.2. The molecule has 2 aromatic rings. The van der Waals surface area contributed by atoms with Gasteiger partial charge in [-0.25, -0.2) is 4.98 Å². The average Bonchev–Trinajstić information content (AvgIpc) is 2.99. The maximum atomic E-state index is 13.1. The van der Waals surface area contributed by atoms with E-state index in [1.807, 2.05) is 0 Å². The van der Waals surface area contributed by atoms with Crippen LogP contribution in [0.4, 0.5) is 0 Å². The van der Waals surface area contributed by atoms with Gasteiger partial charge in [-0.15, -0.1) is 0 Å². The van der Waals surface area contributed by atoms with Crippen molar-refractivity contribution in [1.29, 1.82) is 0 Å². The normalized spacial score (nSPS) is 14.4. The van der Waals surface area contributed by atoms with Crippen molar-refractivity contribution in [2.45, 2.75) is 6.42 Å². The van der Waals surface area contributed by atoms with E-state index >= 15 is 0 Å². The second-order valence-electron chi connectivity index (χ2n) is 6.07. The van der Waals surface area contributed by atoms with E-state index in [2.05, 4.69) is 9.97 Å². The van der Waals surface area contributed by atoms with E-state index in [1.165, 1.54) is 32.8 Å². The molecule has 8 heteroatoms. The molecule has 1 aromatic carbocycles. The molecule has 8 nitrogen and oxygen atoms in total. The van der Waals surface area contributed by atoms with E-state index in [1.54, 1.807) is 28.0 Å². The number of amides is 2. The highest BCUT2D eigenvalue weighted by Gasteiger charge is 2.27. The minimum Gasteiger partial charge on any atom is -0.496 e. The van der Waals surface area contributed by atoms with Crippen LogP contribution < -0.4 is 9.47 Å². The van der Waals surface area contributed by atoms with E-state index in [4.69, 9.17) is 9.47 Å². The van der Waals surface area contributed by atoms with Gasteiger partial charge in [-0.3, -0.25) is 14.6 Å². The van der Waals surface area contributed by atoms with Crippen molar-refractivity contribution in [3.63, 3.8) is 0 Å². The van der Waals surface area contributed by atoms with Crippen LogP contribution >= 0.6 is 0 Å². The molecule has 27 heavy (non-hydrogen) atoms. The van der Waals surface area contributed by atoms with Crippen molar-refractivity contribution in [3.8, 4) is 11.5 Å². The molecule has 3 rings (SSSR count). The van der Waals surface area contributed by atoms with E-state index < -0.39 is 0 Å². The molecule has 1 fully saturated rings. The molecule has 0 radical (unpaired) electrons. The maximum absolute atomic E-state index is 13.1. The standard InChI is InChI=1S/C19H22N4O4/c1-26-15-5-3-6-16(27-2)17(15)19(25)23-10-4-9-22(11-12-23)18(24)14-13-20-7-8-21-14/h3,5-8,13H,4,9-12H2,1-2H3. The summed E-state index contributed by atoms with van der Waals surface area (Å²) < 4.78 is 10.7. The topological polar surface area (TPSA) is 84.9 Å². The summed E-state index contributed by atoms with van der Waals surface area (Å²) in [6.45, 7) is 1.96.